The smallest absolute Gasteiger partial charge is 0.0835 e. The maximum Gasteiger partial charge on any atom is 0.0835 e. The van der Waals surface area contributed by atoms with E-state index in [0.717, 1.165) is 11.4 Å². The monoisotopic (exact) mass is 235 g/mol. The first-order chi connectivity index (χ1) is 7.74. The fourth-order valence-corrected chi connectivity index (χ4v) is 1.88. The molecule has 16 heavy (non-hydrogen) atoms. The van der Waals surface area contributed by atoms with Crippen LogP contribution in [0.25, 0.3) is 5.69 Å². The zero-order valence-corrected chi connectivity index (χ0v) is 10.1. The summed E-state index contributed by atoms with van der Waals surface area (Å²) >= 11 is 6.10. The summed E-state index contributed by atoms with van der Waals surface area (Å²) < 4.78 is 1.88. The van der Waals surface area contributed by atoms with Gasteiger partial charge in [-0.15, -0.1) is 0 Å². The van der Waals surface area contributed by atoms with Gasteiger partial charge in [-0.05, 0) is 25.6 Å². The quantitative estimate of drug-likeness (QED) is 0.886. The number of aryl methyl sites for hydroxylation is 1. The first kappa shape index (κ1) is 11.2. The molecule has 0 saturated heterocycles. The third kappa shape index (κ3) is 1.96. The maximum atomic E-state index is 6.10. The third-order valence-corrected chi connectivity index (χ3v) is 2.82. The van der Waals surface area contributed by atoms with Gasteiger partial charge >= 0.3 is 0 Å². The van der Waals surface area contributed by atoms with E-state index in [9.17, 15) is 0 Å². The Morgan fingerprint density at radius 1 is 1.38 bits per heavy atom. The van der Waals surface area contributed by atoms with Crippen LogP contribution in [0.1, 0.15) is 11.3 Å². The molecule has 0 aliphatic carbocycles. The van der Waals surface area contributed by atoms with Crippen molar-refractivity contribution < 1.29 is 0 Å². The maximum absolute atomic E-state index is 6.10. The fraction of sp³-hybridized carbons (Fsp3) is 0.250. The molecular weight excluding hydrogens is 222 g/mol. The second-order valence-corrected chi connectivity index (χ2v) is 4.08. The number of rotatable bonds is 3. The van der Waals surface area contributed by atoms with Crippen LogP contribution < -0.4 is 5.32 Å². The number of nitrogens with zero attached hydrogens (tertiary/aromatic N) is 2. The molecule has 1 aromatic carbocycles. The molecule has 1 heterocycles. The van der Waals surface area contributed by atoms with Crippen molar-refractivity contribution in [1.82, 2.24) is 15.1 Å². The molecule has 2 aromatic rings. The summed E-state index contributed by atoms with van der Waals surface area (Å²) in [7, 11) is 1.89. The summed E-state index contributed by atoms with van der Waals surface area (Å²) in [6.45, 7) is 2.77. The summed E-state index contributed by atoms with van der Waals surface area (Å²) in [5.41, 5.74) is 3.23. The van der Waals surface area contributed by atoms with Crippen LogP contribution in [0.4, 0.5) is 0 Å². The van der Waals surface area contributed by atoms with Crippen molar-refractivity contribution >= 4 is 11.6 Å². The molecule has 0 spiro atoms. The van der Waals surface area contributed by atoms with E-state index in [0.29, 0.717) is 11.6 Å². The number of para-hydroxylation sites is 1. The molecule has 0 atom stereocenters. The van der Waals surface area contributed by atoms with Gasteiger partial charge in [0.25, 0.3) is 0 Å². The van der Waals surface area contributed by atoms with Crippen LogP contribution in [0.15, 0.2) is 30.5 Å². The zero-order valence-electron chi connectivity index (χ0n) is 9.37. The lowest BCUT2D eigenvalue weighted by atomic mass is 10.2. The molecule has 0 aliphatic heterocycles. The molecule has 0 bridgehead atoms. The normalized spacial score (nSPS) is 10.7. The van der Waals surface area contributed by atoms with Gasteiger partial charge in [-0.25, -0.2) is 4.68 Å². The second-order valence-electron chi connectivity index (χ2n) is 3.67. The number of hydrogen-bond acceptors (Lipinski definition) is 2. The predicted molar refractivity (Wildman–Crippen MR) is 66.1 cm³/mol. The largest absolute Gasteiger partial charge is 0.314 e. The number of nitrogens with one attached hydrogen (secondary N) is 1. The van der Waals surface area contributed by atoms with E-state index >= 15 is 0 Å². The summed E-state index contributed by atoms with van der Waals surface area (Å²) in [4.78, 5) is 0. The molecule has 3 nitrogen and oxygen atoms in total. The van der Waals surface area contributed by atoms with Gasteiger partial charge in [0.15, 0.2) is 0 Å². The van der Waals surface area contributed by atoms with Crippen LogP contribution in [0, 0.1) is 6.92 Å². The van der Waals surface area contributed by atoms with Crippen molar-refractivity contribution in [2.75, 3.05) is 7.05 Å². The molecule has 84 valence electrons. The fourth-order valence-electron chi connectivity index (χ4n) is 1.69. The Hall–Kier alpha value is -1.32. The highest BCUT2D eigenvalue weighted by atomic mass is 35.5. The van der Waals surface area contributed by atoms with Crippen molar-refractivity contribution in [3.8, 4) is 5.69 Å². The number of halogens is 1. The molecule has 4 heteroatoms. The molecule has 0 amide bonds. The lowest BCUT2D eigenvalue weighted by Gasteiger charge is -2.10. The van der Waals surface area contributed by atoms with Crippen LogP contribution in [0.3, 0.4) is 0 Å². The van der Waals surface area contributed by atoms with E-state index in [2.05, 4.69) is 23.4 Å². The van der Waals surface area contributed by atoms with Crippen molar-refractivity contribution in [3.05, 3.63) is 46.7 Å². The highest BCUT2D eigenvalue weighted by Gasteiger charge is 2.10. The van der Waals surface area contributed by atoms with Gasteiger partial charge in [-0.3, -0.25) is 0 Å². The minimum atomic E-state index is 0.692. The summed E-state index contributed by atoms with van der Waals surface area (Å²) in [6.07, 6.45) is 1.68. The molecule has 0 radical (unpaired) electrons. The first-order valence-electron chi connectivity index (χ1n) is 5.17. The van der Waals surface area contributed by atoms with Crippen LogP contribution in [-0.4, -0.2) is 16.8 Å². The Morgan fingerprint density at radius 2 is 2.12 bits per heavy atom. The SMILES string of the molecule is CNCc1c(Cl)cnn1-c1ccccc1C. The average molecular weight is 236 g/mol. The molecule has 1 N–H and O–H groups in total. The van der Waals surface area contributed by atoms with Gasteiger partial charge in [0.05, 0.1) is 22.6 Å². The number of benzene rings is 1. The van der Waals surface area contributed by atoms with Crippen LogP contribution in [0.2, 0.25) is 5.02 Å². The first-order valence-corrected chi connectivity index (χ1v) is 5.55. The van der Waals surface area contributed by atoms with Crippen LogP contribution in [-0.2, 0) is 6.54 Å². The van der Waals surface area contributed by atoms with Crippen LogP contribution in [0.5, 0.6) is 0 Å². The lowest BCUT2D eigenvalue weighted by molar-refractivity contribution is 0.727. The van der Waals surface area contributed by atoms with Crippen molar-refractivity contribution in [2.24, 2.45) is 0 Å². The highest BCUT2D eigenvalue weighted by molar-refractivity contribution is 6.31. The standard InChI is InChI=1S/C12H14ClN3/c1-9-5-3-4-6-11(9)16-12(8-14-2)10(13)7-15-16/h3-7,14H,8H2,1-2H3. The molecule has 0 aliphatic rings. The van der Waals surface area contributed by atoms with Gasteiger partial charge in [-0.2, -0.15) is 5.10 Å². The van der Waals surface area contributed by atoms with E-state index in [1.165, 1.54) is 5.56 Å². The summed E-state index contributed by atoms with van der Waals surface area (Å²) in [6, 6.07) is 8.12. The molecule has 0 saturated carbocycles. The molecule has 0 unspecified atom stereocenters. The second kappa shape index (κ2) is 4.68. The van der Waals surface area contributed by atoms with Gasteiger partial charge < -0.3 is 5.32 Å². The minimum absolute atomic E-state index is 0.692. The Morgan fingerprint density at radius 3 is 2.81 bits per heavy atom. The Labute approximate surface area is 100 Å². The molecule has 0 fully saturated rings. The molecule has 1 aromatic heterocycles. The Kier molecular flexibility index (Phi) is 3.27. The average Bonchev–Trinajstić information content (AvgIpc) is 2.62. The van der Waals surface area contributed by atoms with Crippen LogP contribution >= 0.6 is 11.6 Å². The van der Waals surface area contributed by atoms with E-state index in [-0.39, 0.29) is 0 Å². The topological polar surface area (TPSA) is 29.9 Å². The number of hydrogen-bond donors (Lipinski definition) is 1. The zero-order chi connectivity index (χ0) is 11.5. The lowest BCUT2D eigenvalue weighted by Crippen LogP contribution is -2.12. The summed E-state index contributed by atoms with van der Waals surface area (Å²) in [5, 5.41) is 8.10. The summed E-state index contributed by atoms with van der Waals surface area (Å²) in [5.74, 6) is 0. The number of aromatic nitrogens is 2. The Bertz CT molecular complexity index is 491. The van der Waals surface area contributed by atoms with E-state index in [4.69, 9.17) is 11.6 Å². The molecule has 2 rings (SSSR count). The minimum Gasteiger partial charge on any atom is -0.314 e. The Balaban J connectivity index is 2.52. The van der Waals surface area contributed by atoms with Gasteiger partial charge in [0.2, 0.25) is 0 Å². The molecular formula is C12H14ClN3. The highest BCUT2D eigenvalue weighted by Crippen LogP contribution is 2.21. The van der Waals surface area contributed by atoms with Crippen molar-refractivity contribution in [1.29, 1.82) is 0 Å². The van der Waals surface area contributed by atoms with E-state index in [1.807, 2.05) is 29.9 Å². The van der Waals surface area contributed by atoms with Gasteiger partial charge in [0.1, 0.15) is 0 Å². The predicted octanol–water partition coefficient (Wildman–Crippen LogP) is 2.55. The third-order valence-electron chi connectivity index (χ3n) is 2.51. The van der Waals surface area contributed by atoms with Crippen molar-refractivity contribution in [2.45, 2.75) is 13.5 Å². The van der Waals surface area contributed by atoms with E-state index in [1.54, 1.807) is 6.20 Å². The van der Waals surface area contributed by atoms with Gasteiger partial charge in [-0.1, -0.05) is 29.8 Å². The van der Waals surface area contributed by atoms with E-state index < -0.39 is 0 Å². The van der Waals surface area contributed by atoms with Crippen molar-refractivity contribution in [3.63, 3.8) is 0 Å². The van der Waals surface area contributed by atoms with Gasteiger partial charge in [0, 0.05) is 6.54 Å².